The molecule has 10 heavy (non-hydrogen) atoms. The molecule has 2 heteroatoms. The van der Waals surface area contributed by atoms with E-state index in [1.165, 1.54) is 0 Å². The third-order valence-electron chi connectivity index (χ3n) is 1.94. The molecule has 1 aliphatic rings. The first-order valence-electron chi connectivity index (χ1n) is 4.04. The molecule has 60 valence electrons. The van der Waals surface area contributed by atoms with Crippen molar-refractivity contribution in [3.05, 3.63) is 0 Å². The number of rotatable bonds is 2. The van der Waals surface area contributed by atoms with E-state index in [0.717, 1.165) is 26.2 Å². The van der Waals surface area contributed by atoms with Crippen LogP contribution in [0.15, 0.2) is 0 Å². The lowest BCUT2D eigenvalue weighted by atomic mass is 10.0. The zero-order chi connectivity index (χ0) is 7.40. The van der Waals surface area contributed by atoms with Gasteiger partial charge in [0.1, 0.15) is 0 Å². The fourth-order valence-corrected chi connectivity index (χ4v) is 1.32. The van der Waals surface area contributed by atoms with Crippen LogP contribution in [0.1, 0.15) is 20.3 Å². The molecule has 0 aromatic carbocycles. The van der Waals surface area contributed by atoms with Crippen molar-refractivity contribution in [3.8, 4) is 0 Å². The summed E-state index contributed by atoms with van der Waals surface area (Å²) < 4.78 is 10.8. The van der Waals surface area contributed by atoms with Gasteiger partial charge in [-0.1, -0.05) is 6.92 Å². The maximum Gasteiger partial charge on any atom is 0.0644 e. The van der Waals surface area contributed by atoms with Crippen LogP contribution in [0.3, 0.4) is 0 Å². The predicted octanol–water partition coefficient (Wildman–Crippen LogP) is 1.45. The predicted molar refractivity (Wildman–Crippen MR) is 40.0 cm³/mol. The van der Waals surface area contributed by atoms with Crippen molar-refractivity contribution in [1.29, 1.82) is 0 Å². The monoisotopic (exact) mass is 144 g/mol. The van der Waals surface area contributed by atoms with Crippen molar-refractivity contribution in [1.82, 2.24) is 0 Å². The Bertz CT molecular complexity index is 91.3. The quantitative estimate of drug-likeness (QED) is 0.584. The van der Waals surface area contributed by atoms with Crippen molar-refractivity contribution in [2.75, 3.05) is 19.8 Å². The van der Waals surface area contributed by atoms with E-state index in [0.29, 0.717) is 12.0 Å². The molecule has 0 spiro atoms. The van der Waals surface area contributed by atoms with E-state index in [4.69, 9.17) is 9.47 Å². The molecule has 2 nitrogen and oxygen atoms in total. The van der Waals surface area contributed by atoms with Gasteiger partial charge in [0.2, 0.25) is 0 Å². The van der Waals surface area contributed by atoms with Gasteiger partial charge >= 0.3 is 0 Å². The van der Waals surface area contributed by atoms with Crippen LogP contribution >= 0.6 is 0 Å². The van der Waals surface area contributed by atoms with Gasteiger partial charge < -0.3 is 9.47 Å². The summed E-state index contributed by atoms with van der Waals surface area (Å²) >= 11 is 0. The Morgan fingerprint density at radius 3 is 3.00 bits per heavy atom. The highest BCUT2D eigenvalue weighted by Crippen LogP contribution is 2.16. The largest absolute Gasteiger partial charge is 0.381 e. The van der Waals surface area contributed by atoms with Crippen LogP contribution in [0, 0.1) is 5.92 Å². The summed E-state index contributed by atoms with van der Waals surface area (Å²) in [6.45, 7) is 6.79. The van der Waals surface area contributed by atoms with Crippen LogP contribution in [0.25, 0.3) is 0 Å². The molecule has 0 amide bonds. The second-order valence-corrected chi connectivity index (χ2v) is 2.83. The normalized spacial score (nSPS) is 34.2. The zero-order valence-electron chi connectivity index (χ0n) is 6.80. The fraction of sp³-hybridized carbons (Fsp3) is 1.00. The van der Waals surface area contributed by atoms with E-state index < -0.39 is 0 Å². The van der Waals surface area contributed by atoms with Gasteiger partial charge in [-0.2, -0.15) is 0 Å². The number of ether oxygens (including phenoxy) is 2. The van der Waals surface area contributed by atoms with E-state index in [1.54, 1.807) is 0 Å². The Morgan fingerprint density at radius 2 is 2.40 bits per heavy atom. The van der Waals surface area contributed by atoms with Crippen molar-refractivity contribution in [2.45, 2.75) is 26.4 Å². The minimum atomic E-state index is 0.443. The number of hydrogen-bond acceptors (Lipinski definition) is 2. The molecule has 0 radical (unpaired) electrons. The average molecular weight is 144 g/mol. The first-order valence-corrected chi connectivity index (χ1v) is 4.04. The third kappa shape index (κ3) is 1.96. The second kappa shape index (κ2) is 3.94. The highest BCUT2D eigenvalue weighted by molar-refractivity contribution is 4.69. The summed E-state index contributed by atoms with van der Waals surface area (Å²) in [7, 11) is 0. The first kappa shape index (κ1) is 8.02. The van der Waals surface area contributed by atoms with Gasteiger partial charge in [-0.15, -0.1) is 0 Å². The molecular weight excluding hydrogens is 128 g/mol. The molecule has 1 rings (SSSR count). The third-order valence-corrected chi connectivity index (χ3v) is 1.94. The van der Waals surface area contributed by atoms with E-state index in [-0.39, 0.29) is 0 Å². The van der Waals surface area contributed by atoms with Gasteiger partial charge in [-0.3, -0.25) is 0 Å². The van der Waals surface area contributed by atoms with Gasteiger partial charge in [0.25, 0.3) is 0 Å². The van der Waals surface area contributed by atoms with Crippen LogP contribution in [0.2, 0.25) is 0 Å². The zero-order valence-corrected chi connectivity index (χ0v) is 6.80. The minimum Gasteiger partial charge on any atom is -0.381 e. The Morgan fingerprint density at radius 1 is 1.60 bits per heavy atom. The van der Waals surface area contributed by atoms with Gasteiger partial charge in [-0.25, -0.2) is 0 Å². The SMILES string of the molecule is CCOC1CCOCC1C. The van der Waals surface area contributed by atoms with Crippen LogP contribution in [-0.4, -0.2) is 25.9 Å². The van der Waals surface area contributed by atoms with Crippen LogP contribution in [0.4, 0.5) is 0 Å². The molecule has 1 fully saturated rings. The standard InChI is InChI=1S/C8H16O2/c1-3-10-8-4-5-9-6-7(8)2/h7-8H,3-6H2,1-2H3. The first-order chi connectivity index (χ1) is 4.84. The molecule has 0 aromatic heterocycles. The topological polar surface area (TPSA) is 18.5 Å². The Labute approximate surface area is 62.5 Å². The molecule has 0 bridgehead atoms. The van der Waals surface area contributed by atoms with Crippen molar-refractivity contribution in [2.24, 2.45) is 5.92 Å². The summed E-state index contributed by atoms with van der Waals surface area (Å²) in [6.07, 6.45) is 1.51. The number of hydrogen-bond donors (Lipinski definition) is 0. The highest BCUT2D eigenvalue weighted by atomic mass is 16.5. The molecule has 0 saturated carbocycles. The minimum absolute atomic E-state index is 0.443. The molecule has 1 saturated heterocycles. The van der Waals surface area contributed by atoms with Gasteiger partial charge in [0, 0.05) is 19.1 Å². The smallest absolute Gasteiger partial charge is 0.0644 e. The van der Waals surface area contributed by atoms with Gasteiger partial charge in [-0.05, 0) is 13.3 Å². The van der Waals surface area contributed by atoms with Crippen LogP contribution in [0.5, 0.6) is 0 Å². The molecule has 0 aliphatic carbocycles. The lowest BCUT2D eigenvalue weighted by molar-refractivity contribution is -0.0643. The molecule has 2 unspecified atom stereocenters. The summed E-state index contributed by atoms with van der Waals surface area (Å²) in [4.78, 5) is 0. The second-order valence-electron chi connectivity index (χ2n) is 2.83. The maximum atomic E-state index is 5.52. The van der Waals surface area contributed by atoms with Crippen LogP contribution in [-0.2, 0) is 9.47 Å². The Kier molecular flexibility index (Phi) is 3.16. The fourth-order valence-electron chi connectivity index (χ4n) is 1.32. The highest BCUT2D eigenvalue weighted by Gasteiger charge is 2.21. The van der Waals surface area contributed by atoms with Crippen molar-refractivity contribution < 1.29 is 9.47 Å². The summed E-state index contributed by atoms with van der Waals surface area (Å²) in [5, 5.41) is 0. The average Bonchev–Trinajstić information content (AvgIpc) is 1.94. The lowest BCUT2D eigenvalue weighted by Gasteiger charge is -2.28. The van der Waals surface area contributed by atoms with Crippen LogP contribution < -0.4 is 0 Å². The molecular formula is C8H16O2. The summed E-state index contributed by atoms with van der Waals surface area (Å²) in [6, 6.07) is 0. The van der Waals surface area contributed by atoms with E-state index in [1.807, 2.05) is 6.92 Å². The Balaban J connectivity index is 2.25. The Hall–Kier alpha value is -0.0800. The lowest BCUT2D eigenvalue weighted by Crippen LogP contribution is -2.32. The van der Waals surface area contributed by atoms with E-state index in [2.05, 4.69) is 6.92 Å². The molecule has 1 aliphatic heterocycles. The maximum absolute atomic E-state index is 5.52. The molecule has 0 aromatic rings. The van der Waals surface area contributed by atoms with Gasteiger partial charge in [0.05, 0.1) is 12.7 Å². The molecule has 1 heterocycles. The summed E-state index contributed by atoms with van der Waals surface area (Å²) in [5.41, 5.74) is 0. The van der Waals surface area contributed by atoms with Crippen molar-refractivity contribution >= 4 is 0 Å². The van der Waals surface area contributed by atoms with E-state index in [9.17, 15) is 0 Å². The van der Waals surface area contributed by atoms with E-state index >= 15 is 0 Å². The molecule has 0 N–H and O–H groups in total. The molecule has 2 atom stereocenters. The summed E-state index contributed by atoms with van der Waals surface area (Å²) in [5.74, 6) is 0.577. The van der Waals surface area contributed by atoms with Gasteiger partial charge in [0.15, 0.2) is 0 Å². The van der Waals surface area contributed by atoms with Crippen molar-refractivity contribution in [3.63, 3.8) is 0 Å².